The molecule has 0 saturated heterocycles. The van der Waals surface area contributed by atoms with E-state index in [2.05, 4.69) is 29.8 Å². The van der Waals surface area contributed by atoms with Gasteiger partial charge < -0.3 is 4.74 Å². The van der Waals surface area contributed by atoms with Crippen LogP contribution in [-0.4, -0.2) is 23.4 Å². The van der Waals surface area contributed by atoms with Crippen LogP contribution in [0, 0.1) is 5.92 Å². The van der Waals surface area contributed by atoms with Gasteiger partial charge in [-0.15, -0.1) is 11.6 Å². The van der Waals surface area contributed by atoms with Crippen molar-refractivity contribution >= 4 is 27.5 Å². The summed E-state index contributed by atoms with van der Waals surface area (Å²) in [6.45, 7) is 7.26. The Morgan fingerprint density at radius 1 is 1.38 bits per heavy atom. The van der Waals surface area contributed by atoms with Gasteiger partial charge in [0.1, 0.15) is 0 Å². The van der Waals surface area contributed by atoms with E-state index in [0.717, 1.165) is 11.9 Å². The van der Waals surface area contributed by atoms with E-state index in [1.165, 1.54) is 12.8 Å². The maximum absolute atomic E-state index is 5.82. The zero-order valence-electron chi connectivity index (χ0n) is 8.78. The maximum atomic E-state index is 5.82. The monoisotopic (exact) mass is 270 g/mol. The molecular weight excluding hydrogens is 251 g/mol. The van der Waals surface area contributed by atoms with Gasteiger partial charge in [0.15, 0.2) is 0 Å². The predicted molar refractivity (Wildman–Crippen MR) is 62.9 cm³/mol. The molecule has 3 heteroatoms. The Kier molecular flexibility index (Phi) is 7.48. The van der Waals surface area contributed by atoms with E-state index in [0.29, 0.717) is 11.8 Å². The first-order chi connectivity index (χ1) is 6.11. The van der Waals surface area contributed by atoms with Crippen molar-refractivity contribution in [3.63, 3.8) is 0 Å². The fourth-order valence-electron chi connectivity index (χ4n) is 0.956. The van der Waals surface area contributed by atoms with E-state index in [9.17, 15) is 0 Å². The molecular formula is C10H20BrClO. The summed E-state index contributed by atoms with van der Waals surface area (Å²) in [6.07, 6.45) is 2.36. The molecule has 0 heterocycles. The fourth-order valence-corrected chi connectivity index (χ4v) is 1.72. The second kappa shape index (κ2) is 7.08. The van der Waals surface area contributed by atoms with Gasteiger partial charge in [-0.1, -0.05) is 42.6 Å². The molecule has 0 fully saturated rings. The molecule has 1 nitrogen and oxygen atoms in total. The molecule has 0 aliphatic carbocycles. The summed E-state index contributed by atoms with van der Waals surface area (Å²) >= 11 is 9.24. The van der Waals surface area contributed by atoms with Crippen LogP contribution in [-0.2, 0) is 4.74 Å². The minimum absolute atomic E-state index is 0.204. The number of hydrogen-bond acceptors (Lipinski definition) is 1. The zero-order valence-corrected chi connectivity index (χ0v) is 11.1. The average molecular weight is 272 g/mol. The lowest BCUT2D eigenvalue weighted by Gasteiger charge is -2.27. The predicted octanol–water partition coefficient (Wildman–Crippen LogP) is 3.83. The average Bonchev–Trinajstić information content (AvgIpc) is 2.19. The highest BCUT2D eigenvalue weighted by atomic mass is 79.9. The van der Waals surface area contributed by atoms with Crippen molar-refractivity contribution in [2.45, 2.75) is 39.2 Å². The van der Waals surface area contributed by atoms with Gasteiger partial charge in [-0.2, -0.15) is 0 Å². The quantitative estimate of drug-likeness (QED) is 0.640. The molecule has 13 heavy (non-hydrogen) atoms. The Morgan fingerprint density at radius 2 is 1.92 bits per heavy atom. The van der Waals surface area contributed by atoms with Crippen molar-refractivity contribution in [1.82, 2.24) is 0 Å². The fraction of sp³-hybridized carbons (Fsp3) is 1.00. The van der Waals surface area contributed by atoms with Gasteiger partial charge in [0.05, 0.1) is 18.1 Å². The molecule has 0 aromatic heterocycles. The van der Waals surface area contributed by atoms with Crippen LogP contribution in [0.3, 0.4) is 0 Å². The topological polar surface area (TPSA) is 9.23 Å². The summed E-state index contributed by atoms with van der Waals surface area (Å²) in [5, 5.41) is 0.795. The Morgan fingerprint density at radius 3 is 2.23 bits per heavy atom. The third-order valence-electron chi connectivity index (χ3n) is 2.39. The highest BCUT2D eigenvalue weighted by Gasteiger charge is 2.23. The number of rotatable bonds is 7. The standard InChI is InChI=1S/C10H20BrClO/c1-4-9(5-2)6-13-10(3,7-11)8-12/h9H,4-8H2,1-3H3. The van der Waals surface area contributed by atoms with Crippen LogP contribution >= 0.6 is 27.5 Å². The third-order valence-corrected chi connectivity index (χ3v) is 4.14. The van der Waals surface area contributed by atoms with Gasteiger partial charge in [0.2, 0.25) is 0 Å². The van der Waals surface area contributed by atoms with Crippen LogP contribution in [0.1, 0.15) is 33.6 Å². The summed E-state index contributed by atoms with van der Waals surface area (Å²) in [7, 11) is 0. The molecule has 0 saturated carbocycles. The number of halogens is 2. The molecule has 1 atom stereocenters. The number of alkyl halides is 2. The third kappa shape index (κ3) is 5.24. The first-order valence-electron chi connectivity index (χ1n) is 4.87. The normalized spacial score (nSPS) is 16.2. The van der Waals surface area contributed by atoms with Crippen LogP contribution in [0.15, 0.2) is 0 Å². The smallest absolute Gasteiger partial charge is 0.0885 e. The van der Waals surface area contributed by atoms with Crippen LogP contribution < -0.4 is 0 Å². The van der Waals surface area contributed by atoms with Gasteiger partial charge in [-0.3, -0.25) is 0 Å². The molecule has 0 aliphatic rings. The van der Waals surface area contributed by atoms with Gasteiger partial charge in [-0.05, 0) is 12.8 Å². The van der Waals surface area contributed by atoms with Crippen LogP contribution in [0.4, 0.5) is 0 Å². The van der Waals surface area contributed by atoms with Crippen LogP contribution in [0.2, 0.25) is 0 Å². The summed E-state index contributed by atoms with van der Waals surface area (Å²) in [6, 6.07) is 0. The van der Waals surface area contributed by atoms with Gasteiger partial charge in [0, 0.05) is 5.33 Å². The highest BCUT2D eigenvalue weighted by molar-refractivity contribution is 9.09. The van der Waals surface area contributed by atoms with E-state index in [4.69, 9.17) is 16.3 Å². The van der Waals surface area contributed by atoms with Crippen molar-refractivity contribution < 1.29 is 4.74 Å². The highest BCUT2D eigenvalue weighted by Crippen LogP contribution is 2.19. The minimum atomic E-state index is -0.204. The van der Waals surface area contributed by atoms with E-state index in [1.807, 2.05) is 6.92 Å². The molecule has 0 amide bonds. The van der Waals surface area contributed by atoms with Crippen molar-refractivity contribution in [1.29, 1.82) is 0 Å². The van der Waals surface area contributed by atoms with Crippen LogP contribution in [0.5, 0.6) is 0 Å². The maximum Gasteiger partial charge on any atom is 0.0885 e. The van der Waals surface area contributed by atoms with E-state index in [-0.39, 0.29) is 5.60 Å². The largest absolute Gasteiger partial charge is 0.373 e. The Hall–Kier alpha value is 0.730. The van der Waals surface area contributed by atoms with Gasteiger partial charge in [0.25, 0.3) is 0 Å². The molecule has 0 rings (SSSR count). The molecule has 0 aromatic rings. The lowest BCUT2D eigenvalue weighted by Crippen LogP contribution is -2.34. The molecule has 0 radical (unpaired) electrons. The Labute approximate surface area is 95.3 Å². The van der Waals surface area contributed by atoms with E-state index in [1.54, 1.807) is 0 Å². The molecule has 0 spiro atoms. The van der Waals surface area contributed by atoms with Crippen molar-refractivity contribution in [2.75, 3.05) is 17.8 Å². The van der Waals surface area contributed by atoms with Crippen LogP contribution in [0.25, 0.3) is 0 Å². The summed E-state index contributed by atoms with van der Waals surface area (Å²) < 4.78 is 5.79. The number of hydrogen-bond donors (Lipinski definition) is 0. The molecule has 0 aromatic carbocycles. The summed E-state index contributed by atoms with van der Waals surface area (Å²) in [5.41, 5.74) is -0.204. The van der Waals surface area contributed by atoms with Gasteiger partial charge >= 0.3 is 0 Å². The second-order valence-corrected chi connectivity index (χ2v) is 4.54. The lowest BCUT2D eigenvalue weighted by atomic mass is 10.0. The summed E-state index contributed by atoms with van der Waals surface area (Å²) in [5.74, 6) is 1.21. The van der Waals surface area contributed by atoms with Crippen molar-refractivity contribution in [3.8, 4) is 0 Å². The molecule has 1 unspecified atom stereocenters. The van der Waals surface area contributed by atoms with E-state index < -0.39 is 0 Å². The second-order valence-electron chi connectivity index (χ2n) is 3.71. The Bertz CT molecular complexity index is 122. The molecule has 80 valence electrons. The van der Waals surface area contributed by atoms with Crippen molar-refractivity contribution in [3.05, 3.63) is 0 Å². The zero-order chi connectivity index (χ0) is 10.3. The molecule has 0 aliphatic heterocycles. The lowest BCUT2D eigenvalue weighted by molar-refractivity contribution is -0.0166. The molecule has 0 N–H and O–H groups in total. The van der Waals surface area contributed by atoms with Crippen molar-refractivity contribution in [2.24, 2.45) is 5.92 Å². The first kappa shape index (κ1) is 13.7. The first-order valence-corrected chi connectivity index (χ1v) is 6.53. The Balaban J connectivity index is 3.83. The minimum Gasteiger partial charge on any atom is -0.373 e. The van der Waals surface area contributed by atoms with E-state index >= 15 is 0 Å². The SMILES string of the molecule is CCC(CC)COC(C)(CCl)CBr. The molecule has 0 bridgehead atoms. The summed E-state index contributed by atoms with van der Waals surface area (Å²) in [4.78, 5) is 0. The van der Waals surface area contributed by atoms with Gasteiger partial charge in [-0.25, -0.2) is 0 Å². The number of ether oxygens (including phenoxy) is 1.